The van der Waals surface area contributed by atoms with E-state index >= 15 is 0 Å². The summed E-state index contributed by atoms with van der Waals surface area (Å²) in [6.07, 6.45) is 0.777. The van der Waals surface area contributed by atoms with Gasteiger partial charge in [0.25, 0.3) is 0 Å². The van der Waals surface area contributed by atoms with E-state index in [1.807, 2.05) is 6.92 Å². The summed E-state index contributed by atoms with van der Waals surface area (Å²) in [6, 6.07) is 0. The SMILES string of the molecule is CC[C@@H]1C[C@H](O)CC(O)O1. The summed E-state index contributed by atoms with van der Waals surface area (Å²) in [5.41, 5.74) is 0. The molecule has 0 aromatic heterocycles. The predicted molar refractivity (Wildman–Crippen MR) is 36.4 cm³/mol. The molecular weight excluding hydrogens is 132 g/mol. The fraction of sp³-hybridized carbons (Fsp3) is 1.00. The lowest BCUT2D eigenvalue weighted by molar-refractivity contribution is -0.189. The Kier molecular flexibility index (Phi) is 2.65. The third kappa shape index (κ3) is 1.94. The lowest BCUT2D eigenvalue weighted by atomic mass is 10.0. The second-order valence-electron chi connectivity index (χ2n) is 2.75. The van der Waals surface area contributed by atoms with E-state index < -0.39 is 6.29 Å². The maximum atomic E-state index is 9.14. The largest absolute Gasteiger partial charge is 0.393 e. The highest BCUT2D eigenvalue weighted by molar-refractivity contribution is 4.70. The van der Waals surface area contributed by atoms with Gasteiger partial charge in [-0.3, -0.25) is 0 Å². The van der Waals surface area contributed by atoms with Crippen molar-refractivity contribution >= 4 is 0 Å². The normalized spacial score (nSPS) is 41.7. The van der Waals surface area contributed by atoms with Crippen molar-refractivity contribution in [3.8, 4) is 0 Å². The van der Waals surface area contributed by atoms with Crippen molar-refractivity contribution < 1.29 is 14.9 Å². The zero-order valence-corrected chi connectivity index (χ0v) is 6.16. The summed E-state index contributed by atoms with van der Waals surface area (Å²) in [5.74, 6) is 0. The molecule has 0 aromatic carbocycles. The summed E-state index contributed by atoms with van der Waals surface area (Å²) in [5, 5.41) is 18.1. The molecule has 2 N–H and O–H groups in total. The highest BCUT2D eigenvalue weighted by Crippen LogP contribution is 2.19. The van der Waals surface area contributed by atoms with Crippen molar-refractivity contribution in [1.29, 1.82) is 0 Å². The third-order valence-corrected chi connectivity index (χ3v) is 1.81. The molecular formula is C7H14O3. The molecule has 1 aliphatic heterocycles. The first kappa shape index (κ1) is 7.98. The minimum Gasteiger partial charge on any atom is -0.393 e. The highest BCUT2D eigenvalue weighted by atomic mass is 16.6. The van der Waals surface area contributed by atoms with E-state index in [2.05, 4.69) is 0 Å². The number of hydrogen-bond donors (Lipinski definition) is 2. The highest BCUT2D eigenvalue weighted by Gasteiger charge is 2.25. The van der Waals surface area contributed by atoms with Gasteiger partial charge >= 0.3 is 0 Å². The standard InChI is InChI=1S/C7H14O3/c1-2-6-3-5(8)4-7(9)10-6/h5-9H,2-4H2,1H3/t5-,6+,7?/m0/s1. The maximum Gasteiger partial charge on any atom is 0.157 e. The molecule has 3 nitrogen and oxygen atoms in total. The maximum absolute atomic E-state index is 9.14. The van der Waals surface area contributed by atoms with E-state index in [4.69, 9.17) is 14.9 Å². The van der Waals surface area contributed by atoms with Crippen LogP contribution in [0.5, 0.6) is 0 Å². The van der Waals surface area contributed by atoms with E-state index in [1.54, 1.807) is 0 Å². The molecule has 0 aromatic rings. The molecule has 1 heterocycles. The van der Waals surface area contributed by atoms with E-state index in [9.17, 15) is 0 Å². The fourth-order valence-corrected chi connectivity index (χ4v) is 1.23. The van der Waals surface area contributed by atoms with Gasteiger partial charge in [0.15, 0.2) is 6.29 Å². The summed E-state index contributed by atoms with van der Waals surface area (Å²) in [6.45, 7) is 1.98. The van der Waals surface area contributed by atoms with Crippen LogP contribution in [0.4, 0.5) is 0 Å². The number of ether oxygens (including phenoxy) is 1. The van der Waals surface area contributed by atoms with Crippen LogP contribution in [0.2, 0.25) is 0 Å². The van der Waals surface area contributed by atoms with Crippen LogP contribution in [-0.2, 0) is 4.74 Å². The Morgan fingerprint density at radius 3 is 2.60 bits per heavy atom. The van der Waals surface area contributed by atoms with Crippen molar-refractivity contribution in [1.82, 2.24) is 0 Å². The van der Waals surface area contributed by atoms with Gasteiger partial charge in [0.05, 0.1) is 12.2 Å². The van der Waals surface area contributed by atoms with Crippen molar-refractivity contribution in [3.05, 3.63) is 0 Å². The Labute approximate surface area is 60.6 Å². The molecule has 0 amide bonds. The number of aliphatic hydroxyl groups excluding tert-OH is 2. The van der Waals surface area contributed by atoms with Crippen LogP contribution in [0, 0.1) is 0 Å². The molecule has 0 aliphatic carbocycles. The van der Waals surface area contributed by atoms with Crippen LogP contribution in [0.25, 0.3) is 0 Å². The Morgan fingerprint density at radius 2 is 2.10 bits per heavy atom. The number of aliphatic hydroxyl groups is 2. The smallest absolute Gasteiger partial charge is 0.157 e. The molecule has 1 unspecified atom stereocenters. The van der Waals surface area contributed by atoms with Gasteiger partial charge in [0, 0.05) is 6.42 Å². The molecule has 3 atom stereocenters. The molecule has 0 saturated carbocycles. The second kappa shape index (κ2) is 3.32. The summed E-state index contributed by atoms with van der Waals surface area (Å²) in [7, 11) is 0. The zero-order valence-electron chi connectivity index (χ0n) is 6.16. The van der Waals surface area contributed by atoms with Crippen LogP contribution >= 0.6 is 0 Å². The minimum atomic E-state index is -0.756. The quantitative estimate of drug-likeness (QED) is 0.557. The van der Waals surface area contributed by atoms with Gasteiger partial charge in [0.1, 0.15) is 0 Å². The molecule has 0 spiro atoms. The van der Waals surface area contributed by atoms with Crippen LogP contribution in [0.15, 0.2) is 0 Å². The van der Waals surface area contributed by atoms with Crippen LogP contribution in [0.1, 0.15) is 26.2 Å². The van der Waals surface area contributed by atoms with Crippen LogP contribution in [-0.4, -0.2) is 28.7 Å². The molecule has 10 heavy (non-hydrogen) atoms. The van der Waals surface area contributed by atoms with Gasteiger partial charge in [-0.05, 0) is 12.8 Å². The average Bonchev–Trinajstić information content (AvgIpc) is 1.85. The minimum absolute atomic E-state index is 0.0405. The molecule has 1 fully saturated rings. The van der Waals surface area contributed by atoms with Crippen molar-refractivity contribution in [2.75, 3.05) is 0 Å². The lowest BCUT2D eigenvalue weighted by Gasteiger charge is -2.29. The molecule has 60 valence electrons. The van der Waals surface area contributed by atoms with Gasteiger partial charge in [-0.2, -0.15) is 0 Å². The second-order valence-corrected chi connectivity index (χ2v) is 2.75. The van der Waals surface area contributed by atoms with Crippen LogP contribution in [0.3, 0.4) is 0 Å². The first-order valence-corrected chi connectivity index (χ1v) is 3.74. The average molecular weight is 146 g/mol. The van der Waals surface area contributed by atoms with Crippen molar-refractivity contribution in [2.24, 2.45) is 0 Å². The van der Waals surface area contributed by atoms with Gasteiger partial charge in [-0.15, -0.1) is 0 Å². The van der Waals surface area contributed by atoms with E-state index in [1.165, 1.54) is 0 Å². The Bertz CT molecular complexity index is 95.0. The molecule has 0 radical (unpaired) electrons. The summed E-state index contributed by atoms with van der Waals surface area (Å²) >= 11 is 0. The Balaban J connectivity index is 2.35. The molecule has 0 bridgehead atoms. The zero-order chi connectivity index (χ0) is 7.56. The molecule has 3 heteroatoms. The summed E-state index contributed by atoms with van der Waals surface area (Å²) in [4.78, 5) is 0. The third-order valence-electron chi connectivity index (χ3n) is 1.81. The van der Waals surface area contributed by atoms with Gasteiger partial charge in [-0.1, -0.05) is 6.92 Å². The Morgan fingerprint density at radius 1 is 1.40 bits per heavy atom. The number of rotatable bonds is 1. The van der Waals surface area contributed by atoms with E-state index in [0.717, 1.165) is 6.42 Å². The summed E-state index contributed by atoms with van der Waals surface area (Å²) < 4.78 is 5.10. The van der Waals surface area contributed by atoms with E-state index in [-0.39, 0.29) is 12.2 Å². The van der Waals surface area contributed by atoms with Crippen molar-refractivity contribution in [3.63, 3.8) is 0 Å². The van der Waals surface area contributed by atoms with Gasteiger partial charge in [-0.25, -0.2) is 0 Å². The first-order chi connectivity index (χ1) is 4.72. The fourth-order valence-electron chi connectivity index (χ4n) is 1.23. The monoisotopic (exact) mass is 146 g/mol. The molecule has 1 aliphatic rings. The molecule has 1 saturated heterocycles. The lowest BCUT2D eigenvalue weighted by Crippen LogP contribution is -2.34. The van der Waals surface area contributed by atoms with E-state index in [0.29, 0.717) is 12.8 Å². The predicted octanol–water partition coefficient (Wildman–Crippen LogP) is 0.255. The topological polar surface area (TPSA) is 49.7 Å². The Hall–Kier alpha value is -0.120. The van der Waals surface area contributed by atoms with Gasteiger partial charge < -0.3 is 14.9 Å². The van der Waals surface area contributed by atoms with Gasteiger partial charge in [0.2, 0.25) is 0 Å². The first-order valence-electron chi connectivity index (χ1n) is 3.74. The van der Waals surface area contributed by atoms with Crippen molar-refractivity contribution in [2.45, 2.75) is 44.7 Å². The molecule has 1 rings (SSSR count). The number of hydrogen-bond acceptors (Lipinski definition) is 3. The van der Waals surface area contributed by atoms with Crippen LogP contribution < -0.4 is 0 Å².